The minimum Gasteiger partial charge on any atom is -0.357 e. The Hall–Kier alpha value is -2.48. The highest BCUT2D eigenvalue weighted by Gasteiger charge is 2.05. The Bertz CT molecular complexity index is 836. The van der Waals surface area contributed by atoms with Gasteiger partial charge < -0.3 is 10.6 Å². The number of aliphatic imine (C=N–C) groups is 1. The maximum atomic E-state index is 4.61. The molecule has 3 rings (SSSR count). The molecule has 132 valence electrons. The van der Waals surface area contributed by atoms with Gasteiger partial charge in [-0.25, -0.2) is 9.98 Å². The molecule has 0 amide bonds. The fourth-order valence-electron chi connectivity index (χ4n) is 2.43. The van der Waals surface area contributed by atoms with Gasteiger partial charge in [0.1, 0.15) is 6.54 Å². The van der Waals surface area contributed by atoms with Crippen LogP contribution >= 0.6 is 11.3 Å². The van der Waals surface area contributed by atoms with Gasteiger partial charge in [0.2, 0.25) is 0 Å². The number of aryl methyl sites for hydroxylation is 1. The highest BCUT2D eigenvalue weighted by molar-refractivity contribution is 7.09. The second kappa shape index (κ2) is 8.57. The molecule has 0 aliphatic carbocycles. The Morgan fingerprint density at radius 2 is 2.16 bits per heavy atom. The molecule has 0 radical (unpaired) electrons. The molecule has 2 N–H and O–H groups in total. The Kier molecular flexibility index (Phi) is 5.95. The summed E-state index contributed by atoms with van der Waals surface area (Å²) in [6.45, 7) is 6.25. The standard InChI is InChI=1S/C17H23N7S/c1-3-16-21-13(12-25-16)8-9-19-17(18-4-2)20-11-15-23-22-14-7-5-6-10-24(14)15/h5-7,10,12H,3-4,8-9,11H2,1-2H3,(H2,18,19,20). The van der Waals surface area contributed by atoms with Crippen molar-refractivity contribution in [3.05, 3.63) is 46.3 Å². The van der Waals surface area contributed by atoms with Crippen LogP contribution in [0, 0.1) is 0 Å². The van der Waals surface area contributed by atoms with Gasteiger partial charge in [0.05, 0.1) is 10.7 Å². The number of guanidine groups is 1. The molecule has 3 aromatic rings. The number of hydrogen-bond acceptors (Lipinski definition) is 5. The summed E-state index contributed by atoms with van der Waals surface area (Å²) in [5, 5.41) is 18.3. The normalized spacial score (nSPS) is 11.8. The van der Waals surface area contributed by atoms with Crippen LogP contribution in [0.25, 0.3) is 5.65 Å². The molecule has 3 heterocycles. The molecule has 0 spiro atoms. The quantitative estimate of drug-likeness (QED) is 0.500. The molecular formula is C17H23N7S. The van der Waals surface area contributed by atoms with Crippen molar-refractivity contribution in [2.24, 2.45) is 4.99 Å². The first-order valence-electron chi connectivity index (χ1n) is 8.54. The van der Waals surface area contributed by atoms with Gasteiger partial charge in [-0.3, -0.25) is 4.40 Å². The first kappa shape index (κ1) is 17.3. The second-order valence-electron chi connectivity index (χ2n) is 5.50. The Morgan fingerprint density at radius 1 is 1.24 bits per heavy atom. The van der Waals surface area contributed by atoms with Crippen LogP contribution in [0.15, 0.2) is 34.8 Å². The minimum atomic E-state index is 0.469. The lowest BCUT2D eigenvalue weighted by Gasteiger charge is -2.10. The Balaban J connectivity index is 1.59. The molecule has 3 aromatic heterocycles. The van der Waals surface area contributed by atoms with Crippen LogP contribution < -0.4 is 10.6 Å². The van der Waals surface area contributed by atoms with E-state index < -0.39 is 0 Å². The lowest BCUT2D eigenvalue weighted by Crippen LogP contribution is -2.38. The van der Waals surface area contributed by atoms with Crippen molar-refractivity contribution in [3.63, 3.8) is 0 Å². The molecule has 0 aromatic carbocycles. The number of nitrogens with zero attached hydrogens (tertiary/aromatic N) is 5. The SMILES string of the molecule is CCNC(=NCc1nnc2ccccn12)NCCc1csc(CC)n1. The van der Waals surface area contributed by atoms with E-state index in [4.69, 9.17) is 0 Å². The van der Waals surface area contributed by atoms with E-state index in [1.807, 2.05) is 28.8 Å². The largest absolute Gasteiger partial charge is 0.357 e. The monoisotopic (exact) mass is 357 g/mol. The van der Waals surface area contributed by atoms with Gasteiger partial charge in [0.15, 0.2) is 17.4 Å². The average Bonchev–Trinajstić information content (AvgIpc) is 3.26. The second-order valence-corrected chi connectivity index (χ2v) is 6.45. The lowest BCUT2D eigenvalue weighted by molar-refractivity contribution is 0.779. The number of thiazole rings is 1. The first-order valence-corrected chi connectivity index (χ1v) is 9.42. The fourth-order valence-corrected chi connectivity index (χ4v) is 3.20. The third-order valence-electron chi connectivity index (χ3n) is 3.68. The fraction of sp³-hybridized carbons (Fsp3) is 0.412. The third-order valence-corrected chi connectivity index (χ3v) is 4.72. The molecule has 0 fully saturated rings. The van der Waals surface area contributed by atoms with Gasteiger partial charge in [-0.05, 0) is 25.5 Å². The molecule has 0 aliphatic rings. The topological polar surface area (TPSA) is 79.5 Å². The summed E-state index contributed by atoms with van der Waals surface area (Å²) >= 11 is 1.73. The minimum absolute atomic E-state index is 0.469. The van der Waals surface area contributed by atoms with Crippen LogP contribution in [-0.2, 0) is 19.4 Å². The number of hydrogen-bond donors (Lipinski definition) is 2. The van der Waals surface area contributed by atoms with Crippen molar-refractivity contribution < 1.29 is 0 Å². The predicted octanol–water partition coefficient (Wildman–Crippen LogP) is 2.05. The molecule has 0 atom stereocenters. The van der Waals surface area contributed by atoms with E-state index in [1.165, 1.54) is 5.01 Å². The summed E-state index contributed by atoms with van der Waals surface area (Å²) in [5.41, 5.74) is 1.97. The van der Waals surface area contributed by atoms with Gasteiger partial charge in [-0.15, -0.1) is 21.5 Å². The molecule has 0 bridgehead atoms. The van der Waals surface area contributed by atoms with Crippen LogP contribution in [0.1, 0.15) is 30.4 Å². The van der Waals surface area contributed by atoms with Crippen molar-refractivity contribution >= 4 is 22.9 Å². The van der Waals surface area contributed by atoms with E-state index in [-0.39, 0.29) is 0 Å². The molecule has 7 nitrogen and oxygen atoms in total. The smallest absolute Gasteiger partial charge is 0.191 e. The van der Waals surface area contributed by atoms with Crippen molar-refractivity contribution in [1.82, 2.24) is 30.2 Å². The van der Waals surface area contributed by atoms with Crippen LogP contribution in [0.3, 0.4) is 0 Å². The number of aromatic nitrogens is 4. The van der Waals surface area contributed by atoms with Crippen LogP contribution in [0.4, 0.5) is 0 Å². The van der Waals surface area contributed by atoms with E-state index in [1.54, 1.807) is 11.3 Å². The van der Waals surface area contributed by atoms with Crippen molar-refractivity contribution in [1.29, 1.82) is 0 Å². The number of nitrogens with one attached hydrogen (secondary N) is 2. The first-order chi connectivity index (χ1) is 12.3. The van der Waals surface area contributed by atoms with E-state index in [9.17, 15) is 0 Å². The summed E-state index contributed by atoms with van der Waals surface area (Å²) in [5.74, 6) is 1.60. The lowest BCUT2D eigenvalue weighted by atomic mass is 10.3. The van der Waals surface area contributed by atoms with Crippen LogP contribution in [0.2, 0.25) is 0 Å². The van der Waals surface area contributed by atoms with Crippen LogP contribution in [0.5, 0.6) is 0 Å². The summed E-state index contributed by atoms with van der Waals surface area (Å²) in [6, 6.07) is 5.85. The van der Waals surface area contributed by atoms with Crippen LogP contribution in [-0.4, -0.2) is 38.6 Å². The van der Waals surface area contributed by atoms with E-state index in [0.29, 0.717) is 6.54 Å². The van der Waals surface area contributed by atoms with E-state index in [2.05, 4.69) is 50.0 Å². The Morgan fingerprint density at radius 3 is 2.96 bits per heavy atom. The van der Waals surface area contributed by atoms with Gasteiger partial charge in [0, 0.05) is 31.1 Å². The van der Waals surface area contributed by atoms with Crippen molar-refractivity contribution in [2.45, 2.75) is 33.2 Å². The van der Waals surface area contributed by atoms with Gasteiger partial charge >= 0.3 is 0 Å². The zero-order valence-corrected chi connectivity index (χ0v) is 15.4. The summed E-state index contributed by atoms with van der Waals surface area (Å²) < 4.78 is 1.95. The Labute approximate surface area is 151 Å². The molecule has 0 saturated heterocycles. The summed E-state index contributed by atoms with van der Waals surface area (Å²) in [7, 11) is 0. The number of rotatable bonds is 7. The molecule has 8 heteroatoms. The van der Waals surface area contributed by atoms with Gasteiger partial charge in [-0.2, -0.15) is 0 Å². The maximum Gasteiger partial charge on any atom is 0.191 e. The number of fused-ring (bicyclic) bond motifs is 1. The van der Waals surface area contributed by atoms with Gasteiger partial charge in [0.25, 0.3) is 0 Å². The summed E-state index contributed by atoms with van der Waals surface area (Å²) in [4.78, 5) is 9.20. The highest BCUT2D eigenvalue weighted by atomic mass is 32.1. The molecule has 0 saturated carbocycles. The molecule has 25 heavy (non-hydrogen) atoms. The molecule has 0 unspecified atom stereocenters. The predicted molar refractivity (Wildman–Crippen MR) is 101 cm³/mol. The average molecular weight is 357 g/mol. The maximum absolute atomic E-state index is 4.61. The molecule has 0 aliphatic heterocycles. The van der Waals surface area contributed by atoms with Gasteiger partial charge in [-0.1, -0.05) is 13.0 Å². The highest BCUT2D eigenvalue weighted by Crippen LogP contribution is 2.10. The third kappa shape index (κ3) is 4.54. The summed E-state index contributed by atoms with van der Waals surface area (Å²) in [6.07, 6.45) is 3.83. The van der Waals surface area contributed by atoms with Crippen molar-refractivity contribution in [2.75, 3.05) is 13.1 Å². The molecular weight excluding hydrogens is 334 g/mol. The number of pyridine rings is 1. The van der Waals surface area contributed by atoms with E-state index in [0.717, 1.165) is 49.1 Å². The van der Waals surface area contributed by atoms with Crippen molar-refractivity contribution in [3.8, 4) is 0 Å². The zero-order valence-electron chi connectivity index (χ0n) is 14.6. The van der Waals surface area contributed by atoms with E-state index >= 15 is 0 Å². The zero-order chi connectivity index (χ0) is 17.5.